The smallest absolute Gasteiger partial charge is 0.267 e. The number of thiophene rings is 1. The molecule has 0 atom stereocenters. The number of rotatable bonds is 2. The molecule has 0 radical (unpaired) electrons. The zero-order chi connectivity index (χ0) is 17.8. The van der Waals surface area contributed by atoms with Crippen molar-refractivity contribution in [3.63, 3.8) is 0 Å². The minimum absolute atomic E-state index is 0.457. The van der Waals surface area contributed by atoms with Gasteiger partial charge in [0.15, 0.2) is 0 Å². The van der Waals surface area contributed by atoms with Gasteiger partial charge in [-0.15, -0.1) is 11.3 Å². The Morgan fingerprint density at radius 2 is 1.64 bits per heavy atom. The third-order valence-corrected chi connectivity index (χ3v) is 5.42. The van der Waals surface area contributed by atoms with E-state index in [0.717, 1.165) is 43.9 Å². The van der Waals surface area contributed by atoms with Crippen molar-refractivity contribution in [2.45, 2.75) is 38.5 Å². The molecule has 0 saturated heterocycles. The van der Waals surface area contributed by atoms with Crippen LogP contribution < -0.4 is 10.9 Å². The van der Waals surface area contributed by atoms with Crippen molar-refractivity contribution in [1.82, 2.24) is 10.9 Å². The number of hydrogen-bond acceptors (Lipinski definition) is 3. The molecule has 1 aliphatic rings. The molecule has 2 N–H and O–H groups in total. The maximum atomic E-state index is 13.6. The molecule has 1 aromatic carbocycles. The summed E-state index contributed by atoms with van der Waals surface area (Å²) in [5.41, 5.74) is 5.13. The largest absolute Gasteiger partial charge is 0.279 e. The molecule has 0 saturated carbocycles. The van der Waals surface area contributed by atoms with Crippen molar-refractivity contribution in [1.29, 1.82) is 0 Å². The van der Waals surface area contributed by atoms with Crippen LogP contribution in [0.4, 0.5) is 8.78 Å². The van der Waals surface area contributed by atoms with Gasteiger partial charge >= 0.3 is 0 Å². The normalized spacial score (nSPS) is 14.2. The number of nitrogens with one attached hydrogen (secondary N) is 2. The first-order valence-electron chi connectivity index (χ1n) is 8.22. The topological polar surface area (TPSA) is 58.2 Å². The molecule has 25 heavy (non-hydrogen) atoms. The van der Waals surface area contributed by atoms with E-state index in [4.69, 9.17) is 0 Å². The van der Waals surface area contributed by atoms with Crippen molar-refractivity contribution >= 4 is 23.2 Å². The van der Waals surface area contributed by atoms with E-state index in [1.165, 1.54) is 34.6 Å². The lowest BCUT2D eigenvalue weighted by Gasteiger charge is -2.07. The van der Waals surface area contributed by atoms with E-state index in [1.807, 2.05) is 6.07 Å². The number of benzene rings is 1. The molecule has 2 aromatic rings. The molecule has 1 heterocycles. The standard InChI is InChI=1S/C18H18F2N2O2S/c19-12-7-8-14(20)13(10-12)17(23)21-22-18(24)16-9-11-5-3-1-2-4-6-15(11)25-16/h7-10H,1-6H2,(H,21,23)(H,22,24). The van der Waals surface area contributed by atoms with Crippen LogP contribution in [0.2, 0.25) is 0 Å². The number of aryl methyl sites for hydroxylation is 2. The van der Waals surface area contributed by atoms with Gasteiger partial charge in [0.25, 0.3) is 11.8 Å². The minimum Gasteiger partial charge on any atom is -0.267 e. The van der Waals surface area contributed by atoms with Gasteiger partial charge < -0.3 is 0 Å². The first kappa shape index (κ1) is 17.5. The Morgan fingerprint density at radius 1 is 0.920 bits per heavy atom. The van der Waals surface area contributed by atoms with Gasteiger partial charge in [0, 0.05) is 4.88 Å². The summed E-state index contributed by atoms with van der Waals surface area (Å²) in [4.78, 5) is 25.9. The third-order valence-electron chi connectivity index (χ3n) is 4.18. The van der Waals surface area contributed by atoms with Gasteiger partial charge in [0.1, 0.15) is 11.6 Å². The fourth-order valence-corrected chi connectivity index (χ4v) is 4.02. The molecule has 132 valence electrons. The first-order chi connectivity index (χ1) is 12.0. The molecule has 4 nitrogen and oxygen atoms in total. The molecule has 0 aliphatic heterocycles. The lowest BCUT2D eigenvalue weighted by molar-refractivity contribution is 0.0846. The van der Waals surface area contributed by atoms with Crippen molar-refractivity contribution in [3.05, 3.63) is 56.8 Å². The molecule has 0 unspecified atom stereocenters. The van der Waals surface area contributed by atoms with Crippen LogP contribution >= 0.6 is 11.3 Å². The Morgan fingerprint density at radius 3 is 2.44 bits per heavy atom. The molecule has 7 heteroatoms. The molecule has 1 aliphatic carbocycles. The number of carbonyl (C=O) groups is 2. The van der Waals surface area contributed by atoms with E-state index in [1.54, 1.807) is 0 Å². The highest BCUT2D eigenvalue weighted by Gasteiger charge is 2.18. The second-order valence-electron chi connectivity index (χ2n) is 6.01. The van der Waals surface area contributed by atoms with Crippen LogP contribution in [0.1, 0.15) is 56.2 Å². The van der Waals surface area contributed by atoms with Crippen LogP contribution in [0.3, 0.4) is 0 Å². The lowest BCUT2D eigenvalue weighted by Crippen LogP contribution is -2.41. The Labute approximate surface area is 148 Å². The molecular formula is C18H18F2N2O2S. The van der Waals surface area contributed by atoms with Crippen molar-refractivity contribution in [2.24, 2.45) is 0 Å². The highest BCUT2D eigenvalue weighted by atomic mass is 32.1. The Kier molecular flexibility index (Phi) is 5.43. The quantitative estimate of drug-likeness (QED) is 0.797. The van der Waals surface area contributed by atoms with Crippen LogP contribution in [0.25, 0.3) is 0 Å². The van der Waals surface area contributed by atoms with E-state index in [2.05, 4.69) is 10.9 Å². The Balaban J connectivity index is 1.65. The average molecular weight is 364 g/mol. The summed E-state index contributed by atoms with van der Waals surface area (Å²) in [5.74, 6) is -2.94. The monoisotopic (exact) mass is 364 g/mol. The summed E-state index contributed by atoms with van der Waals surface area (Å²) in [7, 11) is 0. The van der Waals surface area contributed by atoms with E-state index < -0.39 is 29.0 Å². The summed E-state index contributed by atoms with van der Waals surface area (Å²) in [5, 5.41) is 0. The summed E-state index contributed by atoms with van der Waals surface area (Å²) in [6, 6.07) is 4.43. The molecule has 2 amide bonds. The lowest BCUT2D eigenvalue weighted by atomic mass is 10.00. The predicted octanol–water partition coefficient (Wildman–Crippen LogP) is 3.76. The Bertz CT molecular complexity index is 779. The second kappa shape index (κ2) is 7.74. The van der Waals surface area contributed by atoms with Crippen LogP contribution in [-0.2, 0) is 12.8 Å². The van der Waals surface area contributed by atoms with E-state index in [9.17, 15) is 18.4 Å². The fraction of sp³-hybridized carbons (Fsp3) is 0.333. The molecule has 3 rings (SSSR count). The predicted molar refractivity (Wildman–Crippen MR) is 91.5 cm³/mol. The number of carbonyl (C=O) groups excluding carboxylic acids is 2. The number of fused-ring (bicyclic) bond motifs is 1. The van der Waals surface area contributed by atoms with Crippen molar-refractivity contribution < 1.29 is 18.4 Å². The molecular weight excluding hydrogens is 346 g/mol. The summed E-state index contributed by atoms with van der Waals surface area (Å²) in [6.45, 7) is 0. The number of hydrazine groups is 1. The highest BCUT2D eigenvalue weighted by Crippen LogP contribution is 2.28. The van der Waals surface area contributed by atoms with E-state index in [0.29, 0.717) is 4.88 Å². The third kappa shape index (κ3) is 4.22. The fourth-order valence-electron chi connectivity index (χ4n) is 2.87. The Hall–Kier alpha value is -2.28. The van der Waals surface area contributed by atoms with Gasteiger partial charge in [-0.3, -0.25) is 20.4 Å². The van der Waals surface area contributed by atoms with Crippen molar-refractivity contribution in [3.8, 4) is 0 Å². The molecule has 0 fully saturated rings. The zero-order valence-electron chi connectivity index (χ0n) is 13.5. The van der Waals surface area contributed by atoms with E-state index >= 15 is 0 Å². The maximum absolute atomic E-state index is 13.6. The van der Waals surface area contributed by atoms with Gasteiger partial charge in [-0.25, -0.2) is 8.78 Å². The molecule has 1 aromatic heterocycles. The maximum Gasteiger partial charge on any atom is 0.279 e. The highest BCUT2D eigenvalue weighted by molar-refractivity contribution is 7.14. The van der Waals surface area contributed by atoms with Crippen molar-refractivity contribution in [2.75, 3.05) is 0 Å². The number of halogens is 2. The first-order valence-corrected chi connectivity index (χ1v) is 9.03. The SMILES string of the molecule is O=C(NNC(=O)c1cc(F)ccc1F)c1cc2c(s1)CCCCCC2. The minimum atomic E-state index is -0.903. The van der Waals surface area contributed by atoms with Gasteiger partial charge in [-0.05, 0) is 55.5 Å². The van der Waals surface area contributed by atoms with Gasteiger partial charge in [0.05, 0.1) is 10.4 Å². The average Bonchev–Trinajstić information content (AvgIpc) is 2.96. The van der Waals surface area contributed by atoms with Crippen LogP contribution in [0, 0.1) is 11.6 Å². The number of hydrogen-bond donors (Lipinski definition) is 2. The zero-order valence-corrected chi connectivity index (χ0v) is 14.3. The van der Waals surface area contributed by atoms with Crippen LogP contribution in [-0.4, -0.2) is 11.8 Å². The summed E-state index contributed by atoms with van der Waals surface area (Å²) < 4.78 is 26.7. The second-order valence-corrected chi connectivity index (χ2v) is 7.14. The van der Waals surface area contributed by atoms with Crippen LogP contribution in [0.15, 0.2) is 24.3 Å². The van der Waals surface area contributed by atoms with Gasteiger partial charge in [-0.2, -0.15) is 0 Å². The summed E-state index contributed by atoms with van der Waals surface area (Å²) >= 11 is 1.42. The van der Waals surface area contributed by atoms with Gasteiger partial charge in [-0.1, -0.05) is 12.8 Å². The van der Waals surface area contributed by atoms with Gasteiger partial charge in [0.2, 0.25) is 0 Å². The number of amides is 2. The van der Waals surface area contributed by atoms with E-state index in [-0.39, 0.29) is 0 Å². The van der Waals surface area contributed by atoms with Crippen LogP contribution in [0.5, 0.6) is 0 Å². The molecule has 0 bridgehead atoms. The summed E-state index contributed by atoms with van der Waals surface area (Å²) in [6.07, 6.45) is 6.55. The molecule has 0 spiro atoms.